The summed E-state index contributed by atoms with van der Waals surface area (Å²) in [6, 6.07) is 0. The number of allylic oxidation sites excluding steroid dienone is 1. The van der Waals surface area contributed by atoms with Crippen LogP contribution in [-0.2, 0) is 14.3 Å². The summed E-state index contributed by atoms with van der Waals surface area (Å²) < 4.78 is 11.3. The fourth-order valence-corrected chi connectivity index (χ4v) is 3.94. The normalized spacial score (nSPS) is 30.6. The Labute approximate surface area is 141 Å². The molecule has 130 valence electrons. The van der Waals surface area contributed by atoms with Crippen molar-refractivity contribution in [1.82, 2.24) is 0 Å². The summed E-state index contributed by atoms with van der Waals surface area (Å²) in [5.74, 6) is 0.490. The van der Waals surface area contributed by atoms with Gasteiger partial charge < -0.3 is 9.47 Å². The molecule has 1 saturated heterocycles. The molecule has 0 N–H and O–H groups in total. The molecular formula is C20H32O3. The SMILES string of the molecule is C=C1OCCCC1OC(=O)C1(/C(=C\CC)C(C)(C)C)CC1(C)C. The van der Waals surface area contributed by atoms with Crippen molar-refractivity contribution in [3.8, 4) is 0 Å². The van der Waals surface area contributed by atoms with Crippen LogP contribution in [0.25, 0.3) is 0 Å². The summed E-state index contributed by atoms with van der Waals surface area (Å²) in [6.45, 7) is 17.6. The van der Waals surface area contributed by atoms with Crippen LogP contribution in [0.1, 0.15) is 67.2 Å². The Kier molecular flexibility index (Phi) is 4.71. The van der Waals surface area contributed by atoms with Crippen LogP contribution in [0.3, 0.4) is 0 Å². The van der Waals surface area contributed by atoms with Crippen LogP contribution in [0.2, 0.25) is 0 Å². The topological polar surface area (TPSA) is 35.5 Å². The molecule has 3 nitrogen and oxygen atoms in total. The van der Waals surface area contributed by atoms with E-state index in [-0.39, 0.29) is 22.9 Å². The van der Waals surface area contributed by atoms with E-state index in [1.807, 2.05) is 0 Å². The maximum atomic E-state index is 13.2. The number of rotatable bonds is 4. The van der Waals surface area contributed by atoms with Gasteiger partial charge in [0.25, 0.3) is 0 Å². The highest BCUT2D eigenvalue weighted by molar-refractivity contribution is 5.86. The molecule has 0 aromatic rings. The highest BCUT2D eigenvalue weighted by atomic mass is 16.6. The van der Waals surface area contributed by atoms with Crippen LogP contribution in [0, 0.1) is 16.2 Å². The molecule has 1 aliphatic heterocycles. The summed E-state index contributed by atoms with van der Waals surface area (Å²) in [5, 5.41) is 0. The predicted octanol–water partition coefficient (Wildman–Crippen LogP) is 5.02. The number of hydrogen-bond acceptors (Lipinski definition) is 3. The summed E-state index contributed by atoms with van der Waals surface area (Å²) in [4.78, 5) is 13.2. The van der Waals surface area contributed by atoms with E-state index in [4.69, 9.17) is 9.47 Å². The molecule has 2 fully saturated rings. The molecule has 0 bridgehead atoms. The molecule has 23 heavy (non-hydrogen) atoms. The van der Waals surface area contributed by atoms with Crippen LogP contribution in [0.4, 0.5) is 0 Å². The molecule has 2 unspecified atom stereocenters. The molecule has 0 aromatic carbocycles. The smallest absolute Gasteiger partial charge is 0.317 e. The fraction of sp³-hybridized carbons (Fsp3) is 0.750. The predicted molar refractivity (Wildman–Crippen MR) is 92.9 cm³/mol. The van der Waals surface area contributed by atoms with Gasteiger partial charge in [0.05, 0.1) is 12.0 Å². The molecule has 0 amide bonds. The minimum Gasteiger partial charge on any atom is -0.495 e. The highest BCUT2D eigenvalue weighted by Crippen LogP contribution is 2.70. The number of esters is 1. The molecule has 2 atom stereocenters. The van der Waals surface area contributed by atoms with E-state index in [1.165, 1.54) is 5.57 Å². The van der Waals surface area contributed by atoms with E-state index in [1.54, 1.807) is 0 Å². The lowest BCUT2D eigenvalue weighted by atomic mass is 9.73. The molecule has 1 aliphatic carbocycles. The average Bonchev–Trinajstić information content (AvgIpc) is 3.01. The van der Waals surface area contributed by atoms with Gasteiger partial charge in [0.2, 0.25) is 0 Å². The second kappa shape index (κ2) is 5.99. The number of carbonyl (C=O) groups is 1. The van der Waals surface area contributed by atoms with Gasteiger partial charge in [-0.2, -0.15) is 0 Å². The average molecular weight is 320 g/mol. The molecule has 0 aromatic heterocycles. The van der Waals surface area contributed by atoms with Gasteiger partial charge in [-0.05, 0) is 36.5 Å². The van der Waals surface area contributed by atoms with Gasteiger partial charge in [-0.15, -0.1) is 0 Å². The van der Waals surface area contributed by atoms with E-state index in [0.29, 0.717) is 12.4 Å². The third kappa shape index (κ3) is 3.20. The summed E-state index contributed by atoms with van der Waals surface area (Å²) in [5.41, 5.74) is 0.599. The molecule has 2 aliphatic rings. The summed E-state index contributed by atoms with van der Waals surface area (Å²) in [7, 11) is 0. The Morgan fingerprint density at radius 3 is 2.48 bits per heavy atom. The van der Waals surface area contributed by atoms with Gasteiger partial charge in [0.1, 0.15) is 5.76 Å². The van der Waals surface area contributed by atoms with Crippen molar-refractivity contribution in [3.63, 3.8) is 0 Å². The molecule has 1 heterocycles. The molecule has 1 saturated carbocycles. The first-order valence-corrected chi connectivity index (χ1v) is 8.80. The monoisotopic (exact) mass is 320 g/mol. The van der Waals surface area contributed by atoms with Crippen molar-refractivity contribution in [2.45, 2.75) is 73.3 Å². The lowest BCUT2D eigenvalue weighted by Gasteiger charge is -2.34. The first-order chi connectivity index (χ1) is 10.6. The van der Waals surface area contributed by atoms with Gasteiger partial charge in [-0.25, -0.2) is 0 Å². The second-order valence-corrected chi connectivity index (χ2v) is 8.59. The van der Waals surface area contributed by atoms with Gasteiger partial charge in [0, 0.05) is 0 Å². The molecule has 0 radical (unpaired) electrons. The number of carbonyl (C=O) groups excluding carboxylic acids is 1. The maximum Gasteiger partial charge on any atom is 0.317 e. The lowest BCUT2D eigenvalue weighted by molar-refractivity contribution is -0.158. The van der Waals surface area contributed by atoms with Gasteiger partial charge in [-0.3, -0.25) is 4.79 Å². The Bertz CT molecular complexity index is 521. The number of ether oxygens (including phenoxy) is 2. The van der Waals surface area contributed by atoms with E-state index in [9.17, 15) is 4.79 Å². The van der Waals surface area contributed by atoms with Crippen molar-refractivity contribution in [2.75, 3.05) is 6.61 Å². The molecule has 0 spiro atoms. The largest absolute Gasteiger partial charge is 0.495 e. The van der Waals surface area contributed by atoms with E-state index in [0.717, 1.165) is 25.7 Å². The van der Waals surface area contributed by atoms with Crippen molar-refractivity contribution in [3.05, 3.63) is 24.0 Å². The summed E-state index contributed by atoms with van der Waals surface area (Å²) in [6.07, 6.45) is 5.42. The zero-order chi connectivity index (χ0) is 17.5. The molecule has 2 rings (SSSR count). The van der Waals surface area contributed by atoms with Crippen LogP contribution in [0.15, 0.2) is 24.0 Å². The summed E-state index contributed by atoms with van der Waals surface area (Å²) >= 11 is 0. The van der Waals surface area contributed by atoms with E-state index in [2.05, 4.69) is 54.2 Å². The van der Waals surface area contributed by atoms with Crippen molar-refractivity contribution >= 4 is 5.97 Å². The van der Waals surface area contributed by atoms with Crippen LogP contribution in [0.5, 0.6) is 0 Å². The van der Waals surface area contributed by atoms with Gasteiger partial charge in [0.15, 0.2) is 6.10 Å². The number of hydrogen-bond donors (Lipinski definition) is 0. The van der Waals surface area contributed by atoms with Crippen molar-refractivity contribution < 1.29 is 14.3 Å². The Morgan fingerprint density at radius 1 is 1.43 bits per heavy atom. The van der Waals surface area contributed by atoms with Crippen molar-refractivity contribution in [2.24, 2.45) is 16.2 Å². The minimum absolute atomic E-state index is 0.0527. The standard InChI is InChI=1S/C20H32O3/c1-8-10-16(18(3,4)5)20(13-19(20,6)7)17(21)23-15-11-9-12-22-14(15)2/h10,15H,2,8-9,11-13H2,1,3-7H3/b16-10-. The fourth-order valence-electron chi connectivity index (χ4n) is 3.94. The Hall–Kier alpha value is -1.25. The zero-order valence-corrected chi connectivity index (χ0v) is 15.6. The molecular weight excluding hydrogens is 288 g/mol. The van der Waals surface area contributed by atoms with E-state index >= 15 is 0 Å². The minimum atomic E-state index is -0.501. The van der Waals surface area contributed by atoms with Gasteiger partial charge in [-0.1, -0.05) is 59.8 Å². The maximum absolute atomic E-state index is 13.2. The Morgan fingerprint density at radius 2 is 2.04 bits per heavy atom. The lowest BCUT2D eigenvalue weighted by Crippen LogP contribution is -2.36. The zero-order valence-electron chi connectivity index (χ0n) is 15.6. The molecule has 3 heteroatoms. The van der Waals surface area contributed by atoms with Crippen molar-refractivity contribution in [1.29, 1.82) is 0 Å². The Balaban J connectivity index is 2.29. The first-order valence-electron chi connectivity index (χ1n) is 8.80. The van der Waals surface area contributed by atoms with Crippen LogP contribution in [-0.4, -0.2) is 18.7 Å². The van der Waals surface area contributed by atoms with Crippen LogP contribution >= 0.6 is 0 Å². The third-order valence-electron chi connectivity index (χ3n) is 5.27. The van der Waals surface area contributed by atoms with E-state index < -0.39 is 5.41 Å². The first kappa shape index (κ1) is 18.1. The second-order valence-electron chi connectivity index (χ2n) is 8.59. The van der Waals surface area contributed by atoms with Crippen LogP contribution < -0.4 is 0 Å². The third-order valence-corrected chi connectivity index (χ3v) is 5.27. The quantitative estimate of drug-likeness (QED) is 0.539. The van der Waals surface area contributed by atoms with Gasteiger partial charge >= 0.3 is 5.97 Å². The highest BCUT2D eigenvalue weighted by Gasteiger charge is 2.70.